The molecule has 0 aliphatic carbocycles. The van der Waals surface area contributed by atoms with Gasteiger partial charge in [-0.1, -0.05) is 0 Å². The molecule has 0 amide bonds. The van der Waals surface area contributed by atoms with Crippen LogP contribution in [0.15, 0.2) is 12.5 Å². The van der Waals surface area contributed by atoms with Crippen molar-refractivity contribution in [1.29, 1.82) is 0 Å². The molecule has 1 N–H and O–H groups in total. The monoisotopic (exact) mass is 209 g/mol. The molecular weight excluding hydrogens is 190 g/mol. The zero-order valence-corrected chi connectivity index (χ0v) is 9.28. The zero-order valence-electron chi connectivity index (χ0n) is 9.28. The Morgan fingerprint density at radius 1 is 1.67 bits per heavy atom. The van der Waals surface area contributed by atoms with Crippen molar-refractivity contribution in [1.82, 2.24) is 14.9 Å². The van der Waals surface area contributed by atoms with Crippen LogP contribution in [-0.4, -0.2) is 29.3 Å². The number of hydrogen-bond donors (Lipinski definition) is 1. The third kappa shape index (κ3) is 2.79. The molecular formula is C11H19N3O. The lowest BCUT2D eigenvalue weighted by molar-refractivity contribution is 0.100. The highest BCUT2D eigenvalue weighted by Gasteiger charge is 2.15. The molecule has 0 radical (unpaired) electrons. The highest BCUT2D eigenvalue weighted by atomic mass is 16.5. The van der Waals surface area contributed by atoms with E-state index < -0.39 is 0 Å². The lowest BCUT2D eigenvalue weighted by Crippen LogP contribution is -2.14. The largest absolute Gasteiger partial charge is 0.378 e. The molecule has 4 heteroatoms. The molecule has 84 valence electrons. The molecule has 0 bridgehead atoms. The molecule has 1 aromatic rings. The first-order chi connectivity index (χ1) is 7.40. The van der Waals surface area contributed by atoms with Crippen LogP contribution in [0, 0.1) is 0 Å². The predicted octanol–water partition coefficient (Wildman–Crippen LogP) is 1.17. The van der Waals surface area contributed by atoms with E-state index in [4.69, 9.17) is 4.74 Å². The number of ether oxygens (including phenoxy) is 1. The molecule has 1 aromatic heterocycles. The van der Waals surface area contributed by atoms with Crippen LogP contribution in [0.3, 0.4) is 0 Å². The van der Waals surface area contributed by atoms with Gasteiger partial charge in [-0.2, -0.15) is 0 Å². The Morgan fingerprint density at radius 2 is 2.60 bits per heavy atom. The Balaban J connectivity index is 1.83. The van der Waals surface area contributed by atoms with E-state index in [9.17, 15) is 0 Å². The van der Waals surface area contributed by atoms with Gasteiger partial charge in [-0.05, 0) is 26.3 Å². The highest BCUT2D eigenvalue weighted by molar-refractivity contribution is 4.97. The number of aromatic nitrogens is 2. The molecule has 2 heterocycles. The minimum atomic E-state index is 0.467. The van der Waals surface area contributed by atoms with E-state index in [0.29, 0.717) is 6.10 Å². The summed E-state index contributed by atoms with van der Waals surface area (Å²) in [6.07, 6.45) is 7.84. The van der Waals surface area contributed by atoms with E-state index in [1.54, 1.807) is 0 Å². The minimum absolute atomic E-state index is 0.467. The van der Waals surface area contributed by atoms with E-state index in [2.05, 4.69) is 14.9 Å². The second kappa shape index (κ2) is 5.28. The van der Waals surface area contributed by atoms with Crippen molar-refractivity contribution in [2.45, 2.75) is 38.5 Å². The third-order valence-corrected chi connectivity index (χ3v) is 2.87. The second-order valence-corrected chi connectivity index (χ2v) is 4.03. The van der Waals surface area contributed by atoms with Crippen LogP contribution < -0.4 is 5.32 Å². The van der Waals surface area contributed by atoms with Crippen LogP contribution in [-0.2, 0) is 17.8 Å². The minimum Gasteiger partial charge on any atom is -0.378 e. The van der Waals surface area contributed by atoms with Gasteiger partial charge < -0.3 is 14.6 Å². The molecule has 1 fully saturated rings. The number of nitrogens with zero attached hydrogens (tertiary/aromatic N) is 2. The van der Waals surface area contributed by atoms with E-state index in [0.717, 1.165) is 26.1 Å². The van der Waals surface area contributed by atoms with Crippen molar-refractivity contribution in [3.63, 3.8) is 0 Å². The van der Waals surface area contributed by atoms with Crippen LogP contribution in [0.2, 0.25) is 0 Å². The number of hydrogen-bond acceptors (Lipinski definition) is 3. The number of imidazole rings is 1. The Kier molecular flexibility index (Phi) is 3.75. The van der Waals surface area contributed by atoms with Gasteiger partial charge in [0.2, 0.25) is 0 Å². The van der Waals surface area contributed by atoms with Crippen LogP contribution in [0.25, 0.3) is 0 Å². The third-order valence-electron chi connectivity index (χ3n) is 2.87. The maximum atomic E-state index is 5.60. The van der Waals surface area contributed by atoms with E-state index in [1.165, 1.54) is 18.5 Å². The Bertz CT molecular complexity index is 292. The van der Waals surface area contributed by atoms with Gasteiger partial charge in [0, 0.05) is 25.9 Å². The first-order valence-corrected chi connectivity index (χ1v) is 5.65. The van der Waals surface area contributed by atoms with Crippen LogP contribution in [0.1, 0.15) is 25.0 Å². The van der Waals surface area contributed by atoms with Crippen molar-refractivity contribution in [3.05, 3.63) is 18.2 Å². The van der Waals surface area contributed by atoms with Gasteiger partial charge in [0.15, 0.2) is 0 Å². The van der Waals surface area contributed by atoms with Gasteiger partial charge in [-0.25, -0.2) is 4.98 Å². The molecule has 1 unspecified atom stereocenters. The van der Waals surface area contributed by atoms with Crippen molar-refractivity contribution >= 4 is 0 Å². The van der Waals surface area contributed by atoms with Gasteiger partial charge in [0.05, 0.1) is 18.1 Å². The average Bonchev–Trinajstić information content (AvgIpc) is 2.85. The summed E-state index contributed by atoms with van der Waals surface area (Å²) < 4.78 is 7.81. The normalized spacial score (nSPS) is 21.0. The summed E-state index contributed by atoms with van der Waals surface area (Å²) in [5.74, 6) is 0. The highest BCUT2D eigenvalue weighted by Crippen LogP contribution is 2.16. The summed E-state index contributed by atoms with van der Waals surface area (Å²) in [4.78, 5) is 4.17. The molecule has 1 saturated heterocycles. The maximum absolute atomic E-state index is 5.60. The Labute approximate surface area is 90.6 Å². The Hall–Kier alpha value is -0.870. The van der Waals surface area contributed by atoms with Crippen LogP contribution >= 0.6 is 0 Å². The lowest BCUT2D eigenvalue weighted by atomic mass is 10.2. The summed E-state index contributed by atoms with van der Waals surface area (Å²) >= 11 is 0. The summed E-state index contributed by atoms with van der Waals surface area (Å²) in [6, 6.07) is 0. The fraction of sp³-hybridized carbons (Fsp3) is 0.727. The molecule has 2 rings (SSSR count). The quantitative estimate of drug-likeness (QED) is 0.791. The van der Waals surface area contributed by atoms with Gasteiger partial charge in [-0.3, -0.25) is 0 Å². The summed E-state index contributed by atoms with van der Waals surface area (Å²) in [6.45, 7) is 2.84. The molecule has 15 heavy (non-hydrogen) atoms. The van der Waals surface area contributed by atoms with Crippen LogP contribution in [0.5, 0.6) is 0 Å². The van der Waals surface area contributed by atoms with Gasteiger partial charge in [0.25, 0.3) is 0 Å². The molecule has 1 aliphatic rings. The van der Waals surface area contributed by atoms with Crippen molar-refractivity contribution in [2.75, 3.05) is 13.7 Å². The first kappa shape index (κ1) is 10.6. The van der Waals surface area contributed by atoms with Crippen molar-refractivity contribution in [3.8, 4) is 0 Å². The van der Waals surface area contributed by atoms with E-state index in [1.807, 2.05) is 19.6 Å². The number of nitrogens with one attached hydrogen (secondary N) is 1. The second-order valence-electron chi connectivity index (χ2n) is 4.03. The van der Waals surface area contributed by atoms with Gasteiger partial charge in [0.1, 0.15) is 0 Å². The fourth-order valence-corrected chi connectivity index (χ4v) is 2.03. The first-order valence-electron chi connectivity index (χ1n) is 5.65. The molecule has 1 atom stereocenters. The number of rotatable bonds is 5. The molecule has 4 nitrogen and oxygen atoms in total. The number of aryl methyl sites for hydroxylation is 1. The molecule has 0 spiro atoms. The maximum Gasteiger partial charge on any atom is 0.0948 e. The standard InChI is InChI=1S/C11H19N3O/c1-12-7-10-8-13-9-14(10)5-4-11-3-2-6-15-11/h8-9,11-12H,2-7H2,1H3. The molecule has 0 aromatic carbocycles. The summed E-state index contributed by atoms with van der Waals surface area (Å²) in [7, 11) is 1.96. The van der Waals surface area contributed by atoms with Gasteiger partial charge in [-0.15, -0.1) is 0 Å². The topological polar surface area (TPSA) is 39.1 Å². The zero-order chi connectivity index (χ0) is 10.5. The van der Waals surface area contributed by atoms with Crippen LogP contribution in [0.4, 0.5) is 0 Å². The van der Waals surface area contributed by atoms with Crippen molar-refractivity contribution in [2.24, 2.45) is 0 Å². The SMILES string of the molecule is CNCc1cncn1CCC1CCCO1. The van der Waals surface area contributed by atoms with E-state index in [-0.39, 0.29) is 0 Å². The predicted molar refractivity (Wildman–Crippen MR) is 58.6 cm³/mol. The fourth-order valence-electron chi connectivity index (χ4n) is 2.03. The van der Waals surface area contributed by atoms with E-state index >= 15 is 0 Å². The molecule has 0 saturated carbocycles. The summed E-state index contributed by atoms with van der Waals surface area (Å²) in [5, 5.41) is 3.15. The molecule has 1 aliphatic heterocycles. The van der Waals surface area contributed by atoms with Gasteiger partial charge >= 0.3 is 0 Å². The Morgan fingerprint density at radius 3 is 3.33 bits per heavy atom. The average molecular weight is 209 g/mol. The summed E-state index contributed by atoms with van der Waals surface area (Å²) in [5.41, 5.74) is 1.25. The smallest absolute Gasteiger partial charge is 0.0948 e. The lowest BCUT2D eigenvalue weighted by Gasteiger charge is -2.11. The van der Waals surface area contributed by atoms with Crippen molar-refractivity contribution < 1.29 is 4.74 Å².